The van der Waals surface area contributed by atoms with Crippen molar-refractivity contribution in [3.63, 3.8) is 0 Å². The SMILES string of the molecule is O=[P+]([O-])[Si].[B]. The van der Waals surface area contributed by atoms with Gasteiger partial charge in [-0.3, -0.25) is 0 Å². The van der Waals surface area contributed by atoms with E-state index in [-0.39, 0.29) is 8.41 Å². The maximum atomic E-state index is 8.95. The number of hydrogen-bond donors (Lipinski definition) is 0. The summed E-state index contributed by atoms with van der Waals surface area (Å²) >= 11 is 0. The molecule has 1 unspecified atom stereocenters. The van der Waals surface area contributed by atoms with E-state index in [4.69, 9.17) is 9.46 Å². The molecule has 0 bridgehead atoms. The van der Waals surface area contributed by atoms with Crippen molar-refractivity contribution in [2.24, 2.45) is 0 Å². The largest absolute Gasteiger partial charge is 0.610 e. The zero-order valence-electron chi connectivity index (χ0n) is 2.34. The van der Waals surface area contributed by atoms with Gasteiger partial charge in [0.15, 0.2) is 0 Å². The normalized spacial score (nSPS) is 8.80. The third-order valence-corrected chi connectivity index (χ3v) is 0. The van der Waals surface area contributed by atoms with Crippen LogP contribution in [-0.2, 0) is 4.57 Å². The van der Waals surface area contributed by atoms with Crippen LogP contribution in [0.5, 0.6) is 0 Å². The zero-order valence-corrected chi connectivity index (χ0v) is 4.24. The quantitative estimate of drug-likeness (QED) is 0.284. The second-order valence-corrected chi connectivity index (χ2v) is 1.87. The Morgan fingerprint density at radius 2 is 1.80 bits per heavy atom. The highest BCUT2D eigenvalue weighted by molar-refractivity contribution is 7.65. The van der Waals surface area contributed by atoms with Crippen LogP contribution in [0.25, 0.3) is 0 Å². The summed E-state index contributed by atoms with van der Waals surface area (Å²) < 4.78 is 8.95. The molecule has 0 aliphatic carbocycles. The van der Waals surface area contributed by atoms with E-state index in [2.05, 4.69) is 9.91 Å². The van der Waals surface area contributed by atoms with Gasteiger partial charge in [-0.25, -0.2) is 0 Å². The van der Waals surface area contributed by atoms with Gasteiger partial charge in [-0.2, -0.15) is 0 Å². The first-order valence-corrected chi connectivity index (χ1v) is 3.11. The van der Waals surface area contributed by atoms with Crippen LogP contribution < -0.4 is 4.89 Å². The van der Waals surface area contributed by atoms with E-state index >= 15 is 0 Å². The average Bonchev–Trinajstić information content (AvgIpc) is 0.811. The Labute approximate surface area is 36.3 Å². The van der Waals surface area contributed by atoms with Gasteiger partial charge in [0.25, 0.3) is 0 Å². The predicted molar refractivity (Wildman–Crippen MR) is 19.1 cm³/mol. The molecule has 2 nitrogen and oxygen atoms in total. The molecule has 5 heteroatoms. The van der Waals surface area contributed by atoms with Crippen molar-refractivity contribution in [3.05, 3.63) is 0 Å². The van der Waals surface area contributed by atoms with Crippen molar-refractivity contribution >= 4 is 25.9 Å². The summed E-state index contributed by atoms with van der Waals surface area (Å²) in [5, 5.41) is 0. The van der Waals surface area contributed by atoms with Crippen molar-refractivity contribution in [1.82, 2.24) is 0 Å². The van der Waals surface area contributed by atoms with Crippen molar-refractivity contribution in [2.75, 3.05) is 0 Å². The topological polar surface area (TPSA) is 40.1 Å². The first kappa shape index (κ1) is 9.02. The first-order chi connectivity index (χ1) is 1.73. The van der Waals surface area contributed by atoms with Gasteiger partial charge in [0, 0.05) is 8.41 Å². The fourth-order valence-electron chi connectivity index (χ4n) is 0. The molecule has 0 heterocycles. The molecular formula is BO2PSi. The standard InChI is InChI=1S/B.O2PSi/c;1-3(2)4. The van der Waals surface area contributed by atoms with Gasteiger partial charge in [0.1, 0.15) is 0 Å². The van der Waals surface area contributed by atoms with Gasteiger partial charge in [0.05, 0.1) is 0 Å². The number of hydrogen-bond acceptors (Lipinski definition) is 2. The Hall–Kier alpha value is 0.342. The highest BCUT2D eigenvalue weighted by atomic mass is 31.4. The molecule has 0 aromatic rings. The van der Waals surface area contributed by atoms with Gasteiger partial charge in [-0.05, 0) is 0 Å². The van der Waals surface area contributed by atoms with Crippen LogP contribution in [-0.4, -0.2) is 18.3 Å². The van der Waals surface area contributed by atoms with E-state index < -0.39 is 7.58 Å². The minimum absolute atomic E-state index is 0. The van der Waals surface area contributed by atoms with Crippen LogP contribution >= 0.6 is 7.58 Å². The minimum Gasteiger partial charge on any atom is -0.610 e. The fourth-order valence-corrected chi connectivity index (χ4v) is 0. The number of rotatable bonds is 0. The third-order valence-electron chi connectivity index (χ3n) is 0. The van der Waals surface area contributed by atoms with Gasteiger partial charge in [-0.1, -0.05) is 4.57 Å². The van der Waals surface area contributed by atoms with Crippen LogP contribution in [0.3, 0.4) is 0 Å². The minimum atomic E-state index is -2.31. The molecule has 0 aliphatic rings. The molecular weight excluding hydrogens is 102 g/mol. The van der Waals surface area contributed by atoms with E-state index in [1.807, 2.05) is 0 Å². The van der Waals surface area contributed by atoms with Crippen molar-refractivity contribution in [2.45, 2.75) is 0 Å². The van der Waals surface area contributed by atoms with E-state index in [0.29, 0.717) is 0 Å². The molecule has 5 heavy (non-hydrogen) atoms. The predicted octanol–water partition coefficient (Wildman–Crippen LogP) is -1.21. The fraction of sp³-hybridized carbons (Fsp3) is 0. The van der Waals surface area contributed by atoms with Crippen molar-refractivity contribution < 1.29 is 9.46 Å². The summed E-state index contributed by atoms with van der Waals surface area (Å²) in [6, 6.07) is 0. The summed E-state index contributed by atoms with van der Waals surface area (Å²) in [5.74, 6) is 0. The van der Waals surface area contributed by atoms with E-state index in [1.54, 1.807) is 0 Å². The Kier molecular flexibility index (Phi) is 7.83. The molecule has 0 saturated heterocycles. The van der Waals surface area contributed by atoms with Crippen molar-refractivity contribution in [3.8, 4) is 0 Å². The lowest BCUT2D eigenvalue weighted by Gasteiger charge is -1.59. The van der Waals surface area contributed by atoms with Gasteiger partial charge in [0.2, 0.25) is 7.58 Å². The van der Waals surface area contributed by atoms with E-state index in [0.717, 1.165) is 0 Å². The second kappa shape index (κ2) is 4.34. The van der Waals surface area contributed by atoms with Crippen LogP contribution in [0.15, 0.2) is 0 Å². The third kappa shape index (κ3) is 204. The molecule has 6 radical (unpaired) electrons. The molecule has 0 aliphatic heterocycles. The highest BCUT2D eigenvalue weighted by Crippen LogP contribution is 1.88. The summed E-state index contributed by atoms with van der Waals surface area (Å²) in [6.45, 7) is 0. The van der Waals surface area contributed by atoms with Gasteiger partial charge < -0.3 is 4.89 Å². The summed E-state index contributed by atoms with van der Waals surface area (Å²) in [7, 11) is -0.0494. The molecule has 24 valence electrons. The molecule has 0 spiro atoms. The second-order valence-electron chi connectivity index (χ2n) is 0.257. The molecule has 0 aromatic heterocycles. The Bertz CT molecular complexity index is 32.6. The lowest BCUT2D eigenvalue weighted by Crippen LogP contribution is -1.79. The molecule has 0 N–H and O–H groups in total. The van der Waals surface area contributed by atoms with Crippen LogP contribution in [0.2, 0.25) is 0 Å². The van der Waals surface area contributed by atoms with Crippen LogP contribution in [0.4, 0.5) is 0 Å². The molecule has 0 aromatic carbocycles. The van der Waals surface area contributed by atoms with Crippen LogP contribution in [0, 0.1) is 0 Å². The zero-order chi connectivity index (χ0) is 3.58. The summed E-state index contributed by atoms with van der Waals surface area (Å²) in [4.78, 5) is 8.95. The molecule has 0 saturated carbocycles. The smallest absolute Gasteiger partial charge is 0.463 e. The highest BCUT2D eigenvalue weighted by Gasteiger charge is 1.73. The Morgan fingerprint density at radius 1 is 1.80 bits per heavy atom. The van der Waals surface area contributed by atoms with Gasteiger partial charge >= 0.3 is 9.91 Å². The molecule has 1 atom stereocenters. The first-order valence-electron chi connectivity index (χ1n) is 0.589. The monoisotopic (exact) mass is 102 g/mol. The maximum absolute atomic E-state index is 8.95. The lowest BCUT2D eigenvalue weighted by molar-refractivity contribution is -0.158. The Balaban J connectivity index is 0. The lowest BCUT2D eigenvalue weighted by atomic mass is 10.8. The summed E-state index contributed by atoms with van der Waals surface area (Å²) in [5.41, 5.74) is 0. The maximum Gasteiger partial charge on any atom is 0.463 e. The van der Waals surface area contributed by atoms with Crippen LogP contribution in [0.1, 0.15) is 0 Å². The molecule has 0 rings (SSSR count). The molecule has 0 amide bonds. The van der Waals surface area contributed by atoms with Crippen molar-refractivity contribution in [1.29, 1.82) is 0 Å². The summed E-state index contributed by atoms with van der Waals surface area (Å²) in [6.07, 6.45) is 0. The molecule has 0 fully saturated rings. The Morgan fingerprint density at radius 3 is 1.80 bits per heavy atom. The average molecular weight is 102 g/mol. The van der Waals surface area contributed by atoms with E-state index in [1.165, 1.54) is 0 Å². The van der Waals surface area contributed by atoms with Gasteiger partial charge in [-0.15, -0.1) is 0 Å². The van der Waals surface area contributed by atoms with E-state index in [9.17, 15) is 0 Å².